The average molecular weight is 373 g/mol. The summed E-state index contributed by atoms with van der Waals surface area (Å²) in [6.07, 6.45) is 0.324. The van der Waals surface area contributed by atoms with Crippen molar-refractivity contribution in [2.75, 3.05) is 18.0 Å². The zero-order valence-corrected chi connectivity index (χ0v) is 15.9. The molecule has 9 heteroatoms. The van der Waals surface area contributed by atoms with E-state index in [0.29, 0.717) is 24.4 Å². The monoisotopic (exact) mass is 373 g/mol. The fourth-order valence-corrected chi connectivity index (χ4v) is 3.11. The number of carbonyl (C=O) groups excluding carboxylic acids is 1. The van der Waals surface area contributed by atoms with Crippen molar-refractivity contribution >= 4 is 28.5 Å². The summed E-state index contributed by atoms with van der Waals surface area (Å²) in [7, 11) is 0. The Labute approximate surface area is 156 Å². The molecule has 144 valence electrons. The molecule has 0 saturated carbocycles. The van der Waals surface area contributed by atoms with Gasteiger partial charge in [0.1, 0.15) is 17.2 Å². The summed E-state index contributed by atoms with van der Waals surface area (Å²) in [6, 6.07) is 4.54. The number of amides is 1. The highest BCUT2D eigenvalue weighted by atomic mass is 16.6. The molecular formula is C18H23N5O4. The second-order valence-corrected chi connectivity index (χ2v) is 7.63. The topological polar surface area (TPSA) is 110 Å². The smallest absolute Gasteiger partial charge is 0.407 e. The molecule has 1 N–H and O–H groups in total. The fraction of sp³-hybridized carbons (Fsp3) is 0.500. The number of hydrogen-bond donors (Lipinski definition) is 1. The minimum absolute atomic E-state index is 0.00237. The van der Waals surface area contributed by atoms with Gasteiger partial charge in [-0.15, -0.1) is 0 Å². The lowest BCUT2D eigenvalue weighted by Gasteiger charge is -2.22. The Morgan fingerprint density at radius 2 is 2.11 bits per heavy atom. The molecule has 1 aromatic heterocycles. The zero-order valence-electron chi connectivity index (χ0n) is 15.9. The molecule has 1 aromatic carbocycles. The number of ether oxygens (including phenoxy) is 1. The highest BCUT2D eigenvalue weighted by Gasteiger charge is 2.28. The number of hydrogen-bond acceptors (Lipinski definition) is 7. The molecule has 0 bridgehead atoms. The van der Waals surface area contributed by atoms with E-state index in [0.717, 1.165) is 17.6 Å². The Kier molecular flexibility index (Phi) is 4.86. The number of nitrogens with one attached hydrogen (secondary N) is 1. The maximum atomic E-state index is 12.0. The van der Waals surface area contributed by atoms with Crippen LogP contribution in [0.3, 0.4) is 0 Å². The van der Waals surface area contributed by atoms with E-state index in [9.17, 15) is 14.9 Å². The first-order valence-corrected chi connectivity index (χ1v) is 8.79. The molecule has 0 aliphatic carbocycles. The van der Waals surface area contributed by atoms with Crippen LogP contribution in [0.15, 0.2) is 18.2 Å². The number of rotatable bonds is 3. The fourth-order valence-electron chi connectivity index (χ4n) is 3.11. The van der Waals surface area contributed by atoms with Crippen LogP contribution < -0.4 is 10.2 Å². The highest BCUT2D eigenvalue weighted by Crippen LogP contribution is 2.29. The highest BCUT2D eigenvalue weighted by molar-refractivity contribution is 5.91. The lowest BCUT2D eigenvalue weighted by molar-refractivity contribution is -0.384. The Bertz CT molecular complexity index is 893. The number of nitrogens with zero attached hydrogens (tertiary/aromatic N) is 4. The molecular weight excluding hydrogens is 350 g/mol. The van der Waals surface area contributed by atoms with Crippen molar-refractivity contribution in [3.8, 4) is 0 Å². The van der Waals surface area contributed by atoms with Crippen molar-refractivity contribution in [2.24, 2.45) is 0 Å². The SMILES string of the molecule is Cc1nc(N2CC[C@@H](NC(=O)OC(C)(C)C)C2)c2ccc([N+](=O)[O-])cc2n1. The maximum absolute atomic E-state index is 12.0. The summed E-state index contributed by atoms with van der Waals surface area (Å²) < 4.78 is 5.31. The molecule has 0 spiro atoms. The van der Waals surface area contributed by atoms with Crippen molar-refractivity contribution in [3.63, 3.8) is 0 Å². The van der Waals surface area contributed by atoms with Crippen LogP contribution in [0.2, 0.25) is 0 Å². The first-order chi connectivity index (χ1) is 12.6. The van der Waals surface area contributed by atoms with Crippen LogP contribution in [-0.2, 0) is 4.74 Å². The molecule has 0 radical (unpaired) electrons. The predicted molar refractivity (Wildman–Crippen MR) is 101 cm³/mol. The quantitative estimate of drug-likeness (QED) is 0.650. The summed E-state index contributed by atoms with van der Waals surface area (Å²) in [5.41, 5.74) is -0.00968. The van der Waals surface area contributed by atoms with Crippen LogP contribution in [0, 0.1) is 17.0 Å². The number of nitro groups is 1. The minimum atomic E-state index is -0.545. The Morgan fingerprint density at radius 1 is 1.37 bits per heavy atom. The van der Waals surface area contributed by atoms with Crippen LogP contribution in [0.4, 0.5) is 16.3 Å². The van der Waals surface area contributed by atoms with Crippen LogP contribution in [0.1, 0.15) is 33.0 Å². The Morgan fingerprint density at radius 3 is 2.78 bits per heavy atom. The van der Waals surface area contributed by atoms with Gasteiger partial charge in [0, 0.05) is 30.6 Å². The van der Waals surface area contributed by atoms with E-state index >= 15 is 0 Å². The van der Waals surface area contributed by atoms with Crippen LogP contribution in [0.25, 0.3) is 10.9 Å². The third-order valence-corrected chi connectivity index (χ3v) is 4.19. The van der Waals surface area contributed by atoms with Gasteiger partial charge in [-0.2, -0.15) is 0 Å². The molecule has 27 heavy (non-hydrogen) atoms. The number of alkyl carbamates (subject to hydrolysis) is 1. The summed E-state index contributed by atoms with van der Waals surface area (Å²) in [5, 5.41) is 14.7. The molecule has 1 saturated heterocycles. The number of nitro benzene ring substituents is 1. The standard InChI is InChI=1S/C18H23N5O4/c1-11-19-15-9-13(23(25)26)5-6-14(15)16(20-11)22-8-7-12(10-22)21-17(24)27-18(2,3)4/h5-6,9,12H,7-8,10H2,1-4H3,(H,21,24)/t12-/m1/s1. The molecule has 1 fully saturated rings. The van der Waals surface area contributed by atoms with Crippen molar-refractivity contribution in [1.82, 2.24) is 15.3 Å². The van der Waals surface area contributed by atoms with Gasteiger partial charge in [-0.25, -0.2) is 14.8 Å². The largest absolute Gasteiger partial charge is 0.444 e. The molecule has 0 unspecified atom stereocenters. The minimum Gasteiger partial charge on any atom is -0.444 e. The van der Waals surface area contributed by atoms with E-state index in [4.69, 9.17) is 4.74 Å². The van der Waals surface area contributed by atoms with Gasteiger partial charge in [0.25, 0.3) is 5.69 Å². The molecule has 9 nitrogen and oxygen atoms in total. The number of benzene rings is 1. The van der Waals surface area contributed by atoms with Gasteiger partial charge in [0.2, 0.25) is 0 Å². The van der Waals surface area contributed by atoms with Gasteiger partial charge in [-0.1, -0.05) is 0 Å². The number of fused-ring (bicyclic) bond motifs is 1. The first kappa shape index (κ1) is 18.8. The number of aryl methyl sites for hydroxylation is 1. The van der Waals surface area contributed by atoms with Gasteiger partial charge < -0.3 is 15.0 Å². The molecule has 2 heterocycles. The average Bonchev–Trinajstić information content (AvgIpc) is 2.99. The van der Waals surface area contributed by atoms with Crippen molar-refractivity contribution in [2.45, 2.75) is 45.8 Å². The predicted octanol–water partition coefficient (Wildman–Crippen LogP) is 2.95. The molecule has 2 aromatic rings. The van der Waals surface area contributed by atoms with Crippen LogP contribution in [-0.4, -0.2) is 45.7 Å². The lowest BCUT2D eigenvalue weighted by atomic mass is 10.2. The van der Waals surface area contributed by atoms with E-state index in [1.165, 1.54) is 12.1 Å². The Balaban J connectivity index is 1.80. The summed E-state index contributed by atoms with van der Waals surface area (Å²) in [6.45, 7) is 8.52. The van der Waals surface area contributed by atoms with Gasteiger partial charge >= 0.3 is 6.09 Å². The van der Waals surface area contributed by atoms with Gasteiger partial charge in [0.15, 0.2) is 0 Å². The van der Waals surface area contributed by atoms with E-state index in [1.807, 2.05) is 20.8 Å². The zero-order chi connectivity index (χ0) is 19.8. The summed E-state index contributed by atoms with van der Waals surface area (Å²) >= 11 is 0. The van der Waals surface area contributed by atoms with Gasteiger partial charge in [-0.3, -0.25) is 10.1 Å². The van der Waals surface area contributed by atoms with Crippen LogP contribution in [0.5, 0.6) is 0 Å². The lowest BCUT2D eigenvalue weighted by Crippen LogP contribution is -2.40. The number of non-ortho nitro benzene ring substituents is 1. The van der Waals surface area contributed by atoms with E-state index in [1.54, 1.807) is 13.0 Å². The van der Waals surface area contributed by atoms with Crippen molar-refractivity contribution in [3.05, 3.63) is 34.1 Å². The van der Waals surface area contributed by atoms with Crippen molar-refractivity contribution < 1.29 is 14.5 Å². The molecule has 1 amide bonds. The maximum Gasteiger partial charge on any atom is 0.407 e. The number of aromatic nitrogens is 2. The first-order valence-electron chi connectivity index (χ1n) is 8.79. The second kappa shape index (κ2) is 6.98. The number of carbonyl (C=O) groups is 1. The number of anilines is 1. The molecule has 3 rings (SSSR count). The summed E-state index contributed by atoms with van der Waals surface area (Å²) in [5.74, 6) is 1.27. The molecule has 1 atom stereocenters. The van der Waals surface area contributed by atoms with E-state index in [2.05, 4.69) is 20.2 Å². The van der Waals surface area contributed by atoms with E-state index in [-0.39, 0.29) is 11.7 Å². The third-order valence-electron chi connectivity index (χ3n) is 4.19. The summed E-state index contributed by atoms with van der Waals surface area (Å²) in [4.78, 5) is 33.5. The molecule has 1 aliphatic rings. The van der Waals surface area contributed by atoms with Crippen molar-refractivity contribution in [1.29, 1.82) is 0 Å². The van der Waals surface area contributed by atoms with Gasteiger partial charge in [-0.05, 0) is 40.2 Å². The van der Waals surface area contributed by atoms with Crippen LogP contribution >= 0.6 is 0 Å². The third kappa shape index (κ3) is 4.42. The van der Waals surface area contributed by atoms with Gasteiger partial charge in [0.05, 0.1) is 16.5 Å². The molecule has 1 aliphatic heterocycles. The second-order valence-electron chi connectivity index (χ2n) is 7.63. The van der Waals surface area contributed by atoms with E-state index < -0.39 is 16.6 Å². The normalized spacial score (nSPS) is 17.2. The Hall–Kier alpha value is -2.97.